The first-order chi connectivity index (χ1) is 13.5. The van der Waals surface area contributed by atoms with Crippen LogP contribution in [-0.2, 0) is 9.53 Å². The van der Waals surface area contributed by atoms with Crippen molar-refractivity contribution in [3.05, 3.63) is 86.0 Å². The maximum Gasteiger partial charge on any atom is 0.339 e. The molecule has 0 aliphatic carbocycles. The van der Waals surface area contributed by atoms with Gasteiger partial charge < -0.3 is 10.1 Å². The number of halogens is 1. The minimum atomic E-state index is -0.722. The lowest BCUT2D eigenvalue weighted by Crippen LogP contribution is -2.22. The Kier molecular flexibility index (Phi) is 6.38. The van der Waals surface area contributed by atoms with E-state index in [0.29, 0.717) is 10.6 Å². The molecule has 142 valence electrons. The minimum absolute atomic E-state index is 0.131. The molecule has 0 unspecified atom stereocenters. The van der Waals surface area contributed by atoms with Crippen LogP contribution in [-0.4, -0.2) is 24.3 Å². The predicted molar refractivity (Wildman–Crippen MR) is 112 cm³/mol. The number of nitrogens with one attached hydrogen (secondary N) is 1. The Morgan fingerprint density at radius 2 is 1.79 bits per heavy atom. The van der Waals surface area contributed by atoms with Crippen molar-refractivity contribution < 1.29 is 19.1 Å². The molecule has 0 saturated heterocycles. The second kappa shape index (κ2) is 8.95. The van der Waals surface area contributed by atoms with E-state index in [2.05, 4.69) is 21.2 Å². The Bertz CT molecular complexity index is 1030. The Morgan fingerprint density at radius 3 is 2.46 bits per heavy atom. The molecule has 0 radical (unpaired) electrons. The van der Waals surface area contributed by atoms with Gasteiger partial charge in [-0.3, -0.25) is 9.59 Å². The topological polar surface area (TPSA) is 72.5 Å². The first kappa shape index (κ1) is 20.0. The monoisotopic (exact) mass is 457 g/mol. The van der Waals surface area contributed by atoms with Crippen LogP contribution in [0.25, 0.3) is 0 Å². The zero-order chi connectivity index (χ0) is 20.1. The van der Waals surface area contributed by atoms with Crippen LogP contribution in [0, 0.1) is 6.92 Å². The van der Waals surface area contributed by atoms with E-state index in [1.165, 1.54) is 17.4 Å². The van der Waals surface area contributed by atoms with E-state index in [-0.39, 0.29) is 16.9 Å². The van der Waals surface area contributed by atoms with Gasteiger partial charge in [0.15, 0.2) is 6.61 Å². The lowest BCUT2D eigenvalue weighted by Gasteiger charge is -2.10. The molecule has 7 heteroatoms. The van der Waals surface area contributed by atoms with E-state index in [1.54, 1.807) is 47.8 Å². The molecule has 0 saturated carbocycles. The van der Waals surface area contributed by atoms with E-state index in [9.17, 15) is 14.4 Å². The third-order valence-corrected chi connectivity index (χ3v) is 5.65. The molecule has 3 aromatic rings. The summed E-state index contributed by atoms with van der Waals surface area (Å²) in [5.74, 6) is -1.44. The number of esters is 1. The minimum Gasteiger partial charge on any atom is -0.452 e. The van der Waals surface area contributed by atoms with E-state index < -0.39 is 18.5 Å². The van der Waals surface area contributed by atoms with Gasteiger partial charge >= 0.3 is 5.97 Å². The Morgan fingerprint density at radius 1 is 1.04 bits per heavy atom. The van der Waals surface area contributed by atoms with E-state index in [0.717, 1.165) is 10.0 Å². The number of carbonyl (C=O) groups excluding carboxylic acids is 3. The molecule has 28 heavy (non-hydrogen) atoms. The van der Waals surface area contributed by atoms with Gasteiger partial charge in [-0.1, -0.05) is 46.3 Å². The van der Waals surface area contributed by atoms with Gasteiger partial charge in [0.25, 0.3) is 5.91 Å². The fraction of sp³-hybridized carbons (Fsp3) is 0.0952. The highest BCUT2D eigenvalue weighted by Gasteiger charge is 2.20. The van der Waals surface area contributed by atoms with Crippen LogP contribution < -0.4 is 5.32 Å². The number of carbonyl (C=O) groups is 3. The highest BCUT2D eigenvalue weighted by atomic mass is 79.9. The molecule has 3 rings (SSSR count). The number of benzene rings is 2. The second-order valence-corrected chi connectivity index (χ2v) is 7.74. The van der Waals surface area contributed by atoms with Crippen molar-refractivity contribution in [1.82, 2.24) is 0 Å². The summed E-state index contributed by atoms with van der Waals surface area (Å²) < 4.78 is 5.98. The molecule has 5 nitrogen and oxygen atoms in total. The second-order valence-electron chi connectivity index (χ2n) is 5.94. The lowest BCUT2D eigenvalue weighted by molar-refractivity contribution is -0.119. The first-order valence-electron chi connectivity index (χ1n) is 8.36. The smallest absolute Gasteiger partial charge is 0.339 e. The summed E-state index contributed by atoms with van der Waals surface area (Å²) in [7, 11) is 0. The Hall–Kier alpha value is -2.77. The molecule has 0 bridgehead atoms. The van der Waals surface area contributed by atoms with E-state index in [4.69, 9.17) is 4.74 Å². The van der Waals surface area contributed by atoms with Crippen LogP contribution in [0.4, 0.5) is 5.69 Å². The number of hydrogen-bond acceptors (Lipinski definition) is 5. The summed E-state index contributed by atoms with van der Waals surface area (Å²) in [4.78, 5) is 37.6. The van der Waals surface area contributed by atoms with Gasteiger partial charge in [0, 0.05) is 15.7 Å². The number of anilines is 1. The van der Waals surface area contributed by atoms with E-state index >= 15 is 0 Å². The van der Waals surface area contributed by atoms with Gasteiger partial charge in [0.05, 0.1) is 10.4 Å². The van der Waals surface area contributed by atoms with Crippen LogP contribution in [0.3, 0.4) is 0 Å². The number of rotatable bonds is 6. The molecule has 2 aromatic carbocycles. The van der Waals surface area contributed by atoms with Crippen LogP contribution in [0.15, 0.2) is 64.5 Å². The molecule has 1 amide bonds. The fourth-order valence-electron chi connectivity index (χ4n) is 2.48. The van der Waals surface area contributed by atoms with Gasteiger partial charge in [-0.2, -0.15) is 0 Å². The molecule has 0 aliphatic rings. The van der Waals surface area contributed by atoms with Crippen molar-refractivity contribution in [2.45, 2.75) is 6.92 Å². The number of ketones is 1. The molecular formula is C21H16BrNO4S. The van der Waals surface area contributed by atoms with Crippen molar-refractivity contribution in [2.24, 2.45) is 0 Å². The average molecular weight is 458 g/mol. The maximum atomic E-state index is 12.6. The molecular weight excluding hydrogens is 442 g/mol. The third-order valence-electron chi connectivity index (χ3n) is 3.93. The van der Waals surface area contributed by atoms with Crippen LogP contribution in [0.1, 0.15) is 31.2 Å². The van der Waals surface area contributed by atoms with Crippen molar-refractivity contribution >= 4 is 50.6 Å². The predicted octanol–water partition coefficient (Wildman–Crippen LogP) is 4.85. The SMILES string of the molecule is Cc1ccc(NC(=O)COC(=O)c2ccccc2C(=O)c2cccs2)cc1Br. The summed E-state index contributed by atoms with van der Waals surface area (Å²) in [5, 5.41) is 4.46. The highest BCUT2D eigenvalue weighted by molar-refractivity contribution is 9.10. The van der Waals surface area contributed by atoms with Gasteiger partial charge in [-0.25, -0.2) is 4.79 Å². The lowest BCUT2D eigenvalue weighted by atomic mass is 10.0. The molecule has 1 aromatic heterocycles. The highest BCUT2D eigenvalue weighted by Crippen LogP contribution is 2.21. The zero-order valence-electron chi connectivity index (χ0n) is 14.9. The molecule has 0 fully saturated rings. The first-order valence-corrected chi connectivity index (χ1v) is 10.0. The standard InChI is InChI=1S/C21H16BrNO4S/c1-13-8-9-14(11-17(13)22)23-19(24)12-27-21(26)16-6-3-2-5-15(16)20(25)18-7-4-10-28-18/h2-11H,12H2,1H3,(H,23,24). The number of ether oxygens (including phenoxy) is 1. The number of amides is 1. The zero-order valence-corrected chi connectivity index (χ0v) is 17.3. The summed E-state index contributed by atoms with van der Waals surface area (Å²) in [6, 6.07) is 15.3. The van der Waals surface area contributed by atoms with Gasteiger partial charge in [0.2, 0.25) is 5.78 Å². The molecule has 0 aliphatic heterocycles. The van der Waals surface area contributed by atoms with Crippen molar-refractivity contribution in [3.8, 4) is 0 Å². The average Bonchev–Trinajstić information content (AvgIpc) is 3.23. The van der Waals surface area contributed by atoms with Crippen LogP contribution in [0.5, 0.6) is 0 Å². The Balaban J connectivity index is 1.66. The summed E-state index contributed by atoms with van der Waals surface area (Å²) in [6.45, 7) is 1.48. The van der Waals surface area contributed by atoms with Gasteiger partial charge in [0.1, 0.15) is 0 Å². The van der Waals surface area contributed by atoms with Crippen molar-refractivity contribution in [1.29, 1.82) is 0 Å². The normalized spacial score (nSPS) is 10.4. The molecule has 0 spiro atoms. The van der Waals surface area contributed by atoms with Crippen molar-refractivity contribution in [3.63, 3.8) is 0 Å². The van der Waals surface area contributed by atoms with Crippen LogP contribution >= 0.6 is 27.3 Å². The van der Waals surface area contributed by atoms with Gasteiger partial charge in [-0.15, -0.1) is 11.3 Å². The number of hydrogen-bond donors (Lipinski definition) is 1. The molecule has 1 heterocycles. The maximum absolute atomic E-state index is 12.6. The number of aryl methyl sites for hydroxylation is 1. The summed E-state index contributed by atoms with van der Waals surface area (Å²) >= 11 is 4.70. The Labute approximate surface area is 174 Å². The van der Waals surface area contributed by atoms with Crippen LogP contribution in [0.2, 0.25) is 0 Å². The summed E-state index contributed by atoms with van der Waals surface area (Å²) in [6.07, 6.45) is 0. The molecule has 0 atom stereocenters. The number of thiophene rings is 1. The van der Waals surface area contributed by atoms with Gasteiger partial charge in [-0.05, 0) is 42.1 Å². The molecule has 1 N–H and O–H groups in total. The fourth-order valence-corrected chi connectivity index (χ4v) is 3.53. The summed E-state index contributed by atoms with van der Waals surface area (Å²) in [5.41, 5.74) is 2.01. The third kappa shape index (κ3) is 4.74. The van der Waals surface area contributed by atoms with E-state index in [1.807, 2.05) is 13.0 Å². The quantitative estimate of drug-likeness (QED) is 0.424. The van der Waals surface area contributed by atoms with Crippen molar-refractivity contribution in [2.75, 3.05) is 11.9 Å². The largest absolute Gasteiger partial charge is 0.452 e.